The van der Waals surface area contributed by atoms with Crippen LogP contribution in [0, 0.1) is 6.92 Å². The molecular formula is C16H26N6O2. The van der Waals surface area contributed by atoms with Crippen molar-refractivity contribution < 1.29 is 9.59 Å². The van der Waals surface area contributed by atoms with Gasteiger partial charge in [0.15, 0.2) is 5.82 Å². The predicted molar refractivity (Wildman–Crippen MR) is 88.0 cm³/mol. The van der Waals surface area contributed by atoms with Crippen molar-refractivity contribution in [3.8, 4) is 0 Å². The first-order valence-corrected chi connectivity index (χ1v) is 8.71. The summed E-state index contributed by atoms with van der Waals surface area (Å²) < 4.78 is 0. The second kappa shape index (κ2) is 7.29. The average molecular weight is 334 g/mol. The van der Waals surface area contributed by atoms with Crippen LogP contribution in [0.5, 0.6) is 0 Å². The third kappa shape index (κ3) is 3.75. The summed E-state index contributed by atoms with van der Waals surface area (Å²) in [5.74, 6) is 1.73. The van der Waals surface area contributed by atoms with Crippen molar-refractivity contribution in [1.82, 2.24) is 29.9 Å². The molecule has 1 N–H and O–H groups in total. The Balaban J connectivity index is 1.56. The second-order valence-corrected chi connectivity index (χ2v) is 6.66. The van der Waals surface area contributed by atoms with Gasteiger partial charge in [-0.15, -0.1) is 0 Å². The molecule has 0 unspecified atom stereocenters. The fourth-order valence-corrected chi connectivity index (χ4v) is 3.62. The molecule has 3 heterocycles. The Bertz CT molecular complexity index is 601. The smallest absolute Gasteiger partial charge is 0.245 e. The number of aromatic amines is 1. The SMILES string of the molecule is CC(=O)N1CCC[C@H]1C(=O)N1CCCN(Cc2n[nH]c(C)n2)CC1. The van der Waals surface area contributed by atoms with E-state index in [0.29, 0.717) is 19.6 Å². The lowest BCUT2D eigenvalue weighted by atomic mass is 10.2. The molecule has 3 rings (SSSR count). The number of hydrogen-bond acceptors (Lipinski definition) is 5. The number of nitrogens with one attached hydrogen (secondary N) is 1. The van der Waals surface area contributed by atoms with E-state index in [1.165, 1.54) is 0 Å². The van der Waals surface area contributed by atoms with Gasteiger partial charge in [0.25, 0.3) is 0 Å². The van der Waals surface area contributed by atoms with E-state index >= 15 is 0 Å². The largest absolute Gasteiger partial charge is 0.340 e. The van der Waals surface area contributed by atoms with Gasteiger partial charge in [0, 0.05) is 39.6 Å². The molecular weight excluding hydrogens is 308 g/mol. The zero-order valence-corrected chi connectivity index (χ0v) is 14.5. The van der Waals surface area contributed by atoms with Crippen LogP contribution in [0.15, 0.2) is 0 Å². The maximum atomic E-state index is 12.8. The topological polar surface area (TPSA) is 85.4 Å². The lowest BCUT2D eigenvalue weighted by molar-refractivity contribution is -0.142. The van der Waals surface area contributed by atoms with Gasteiger partial charge in [0.1, 0.15) is 11.9 Å². The third-order valence-corrected chi connectivity index (χ3v) is 4.85. The van der Waals surface area contributed by atoms with Gasteiger partial charge in [-0.3, -0.25) is 19.6 Å². The molecule has 1 aromatic heterocycles. The Labute approximate surface area is 142 Å². The highest BCUT2D eigenvalue weighted by Gasteiger charge is 2.35. The van der Waals surface area contributed by atoms with Crippen LogP contribution in [0.1, 0.15) is 37.8 Å². The van der Waals surface area contributed by atoms with E-state index in [2.05, 4.69) is 20.1 Å². The van der Waals surface area contributed by atoms with Crippen molar-refractivity contribution in [2.75, 3.05) is 32.7 Å². The van der Waals surface area contributed by atoms with E-state index in [-0.39, 0.29) is 17.9 Å². The Morgan fingerprint density at radius 2 is 2.00 bits per heavy atom. The van der Waals surface area contributed by atoms with Gasteiger partial charge >= 0.3 is 0 Å². The summed E-state index contributed by atoms with van der Waals surface area (Å²) in [5.41, 5.74) is 0. The summed E-state index contributed by atoms with van der Waals surface area (Å²) >= 11 is 0. The van der Waals surface area contributed by atoms with Crippen LogP contribution in [-0.2, 0) is 16.1 Å². The van der Waals surface area contributed by atoms with Crippen molar-refractivity contribution >= 4 is 11.8 Å². The number of amides is 2. The molecule has 0 bridgehead atoms. The lowest BCUT2D eigenvalue weighted by Gasteiger charge is -2.29. The number of likely N-dealkylation sites (tertiary alicyclic amines) is 1. The molecule has 0 spiro atoms. The number of carbonyl (C=O) groups is 2. The molecule has 1 aromatic rings. The van der Waals surface area contributed by atoms with Crippen molar-refractivity contribution in [2.24, 2.45) is 0 Å². The van der Waals surface area contributed by atoms with Crippen LogP contribution in [0.25, 0.3) is 0 Å². The molecule has 2 amide bonds. The Hall–Kier alpha value is -1.96. The average Bonchev–Trinajstić information content (AvgIpc) is 3.12. The molecule has 1 atom stereocenters. The molecule has 0 saturated carbocycles. The van der Waals surface area contributed by atoms with Crippen LogP contribution in [0.4, 0.5) is 0 Å². The first-order valence-electron chi connectivity index (χ1n) is 8.71. The van der Waals surface area contributed by atoms with Gasteiger partial charge in [0.2, 0.25) is 11.8 Å². The molecule has 132 valence electrons. The molecule has 2 fully saturated rings. The van der Waals surface area contributed by atoms with Crippen LogP contribution in [0.3, 0.4) is 0 Å². The summed E-state index contributed by atoms with van der Waals surface area (Å²) in [5, 5.41) is 7.05. The fraction of sp³-hybridized carbons (Fsp3) is 0.750. The quantitative estimate of drug-likeness (QED) is 0.851. The highest BCUT2D eigenvalue weighted by molar-refractivity contribution is 5.87. The van der Waals surface area contributed by atoms with E-state index in [4.69, 9.17) is 0 Å². The number of hydrogen-bond donors (Lipinski definition) is 1. The van der Waals surface area contributed by atoms with E-state index in [1.807, 2.05) is 11.8 Å². The predicted octanol–water partition coefficient (Wildman–Crippen LogP) is 0.158. The van der Waals surface area contributed by atoms with Gasteiger partial charge in [0.05, 0.1) is 6.54 Å². The summed E-state index contributed by atoms with van der Waals surface area (Å²) in [6.07, 6.45) is 2.64. The van der Waals surface area contributed by atoms with E-state index < -0.39 is 0 Å². The highest BCUT2D eigenvalue weighted by Crippen LogP contribution is 2.20. The first kappa shape index (κ1) is 16.9. The van der Waals surface area contributed by atoms with Gasteiger partial charge in [-0.05, 0) is 26.2 Å². The molecule has 8 heteroatoms. The minimum absolute atomic E-state index is 0.00211. The van der Waals surface area contributed by atoms with Gasteiger partial charge in [-0.1, -0.05) is 0 Å². The van der Waals surface area contributed by atoms with Gasteiger partial charge in [-0.2, -0.15) is 5.10 Å². The van der Waals surface area contributed by atoms with Crippen molar-refractivity contribution in [2.45, 2.75) is 45.7 Å². The van der Waals surface area contributed by atoms with Crippen LogP contribution < -0.4 is 0 Å². The van der Waals surface area contributed by atoms with Gasteiger partial charge < -0.3 is 9.80 Å². The van der Waals surface area contributed by atoms with E-state index in [1.54, 1.807) is 11.8 Å². The Morgan fingerprint density at radius 1 is 1.17 bits per heavy atom. The number of aryl methyl sites for hydroxylation is 1. The maximum Gasteiger partial charge on any atom is 0.245 e. The summed E-state index contributed by atoms with van der Waals surface area (Å²) in [4.78, 5) is 34.8. The van der Waals surface area contributed by atoms with Crippen LogP contribution >= 0.6 is 0 Å². The number of aromatic nitrogens is 3. The molecule has 0 aliphatic carbocycles. The number of rotatable bonds is 3. The molecule has 24 heavy (non-hydrogen) atoms. The zero-order valence-electron chi connectivity index (χ0n) is 14.5. The molecule has 8 nitrogen and oxygen atoms in total. The highest BCUT2D eigenvalue weighted by atomic mass is 16.2. The van der Waals surface area contributed by atoms with Crippen LogP contribution in [-0.4, -0.2) is 80.5 Å². The molecule has 2 aliphatic heterocycles. The Kier molecular flexibility index (Phi) is 5.13. The second-order valence-electron chi connectivity index (χ2n) is 6.66. The van der Waals surface area contributed by atoms with Crippen LogP contribution in [0.2, 0.25) is 0 Å². The van der Waals surface area contributed by atoms with E-state index in [0.717, 1.165) is 50.5 Å². The van der Waals surface area contributed by atoms with Crippen molar-refractivity contribution in [1.29, 1.82) is 0 Å². The first-order chi connectivity index (χ1) is 11.5. The Morgan fingerprint density at radius 3 is 2.71 bits per heavy atom. The number of H-pyrrole nitrogens is 1. The van der Waals surface area contributed by atoms with Crippen molar-refractivity contribution in [3.63, 3.8) is 0 Å². The monoisotopic (exact) mass is 334 g/mol. The minimum atomic E-state index is -0.260. The molecule has 0 radical (unpaired) electrons. The van der Waals surface area contributed by atoms with E-state index in [9.17, 15) is 9.59 Å². The molecule has 2 aliphatic rings. The normalized spacial score (nSPS) is 22.7. The third-order valence-electron chi connectivity index (χ3n) is 4.85. The molecule has 2 saturated heterocycles. The maximum absolute atomic E-state index is 12.8. The van der Waals surface area contributed by atoms with Crippen molar-refractivity contribution in [3.05, 3.63) is 11.6 Å². The fourth-order valence-electron chi connectivity index (χ4n) is 3.62. The minimum Gasteiger partial charge on any atom is -0.340 e. The number of carbonyl (C=O) groups excluding carboxylic acids is 2. The zero-order chi connectivity index (χ0) is 17.1. The summed E-state index contributed by atoms with van der Waals surface area (Å²) in [6, 6.07) is -0.260. The standard InChI is InChI=1S/C16H26N6O2/c1-12-17-15(19-18-12)11-20-6-4-7-21(10-9-20)16(24)14-5-3-8-22(14)13(2)23/h14H,3-11H2,1-2H3,(H,17,18,19)/t14-/m0/s1. The summed E-state index contributed by atoms with van der Waals surface area (Å²) in [6.45, 7) is 8.04. The molecule has 0 aromatic carbocycles. The van der Waals surface area contributed by atoms with Gasteiger partial charge in [-0.25, -0.2) is 4.98 Å². The lowest BCUT2D eigenvalue weighted by Crippen LogP contribution is -2.48. The summed E-state index contributed by atoms with van der Waals surface area (Å²) in [7, 11) is 0. The number of nitrogens with zero attached hydrogens (tertiary/aromatic N) is 5.